The van der Waals surface area contributed by atoms with Crippen LogP contribution in [0.3, 0.4) is 0 Å². The van der Waals surface area contributed by atoms with Gasteiger partial charge in [-0.15, -0.1) is 6.58 Å². The molecular formula is C8H12N2O. The standard InChI is InChI=1S/C8H12N2O/c1-2-3-8-4-9-6-10(5-8)7-11/h2,4-5,11H,1,3,6-7H2. The number of aliphatic imine (C=N–C) groups is 1. The van der Waals surface area contributed by atoms with Crippen LogP contribution in [0.1, 0.15) is 6.42 Å². The fourth-order valence-corrected chi connectivity index (χ4v) is 0.929. The quantitative estimate of drug-likeness (QED) is 0.605. The van der Waals surface area contributed by atoms with E-state index in [4.69, 9.17) is 5.11 Å². The van der Waals surface area contributed by atoms with Gasteiger partial charge in [-0.1, -0.05) is 6.08 Å². The molecular weight excluding hydrogens is 140 g/mol. The Morgan fingerprint density at radius 3 is 3.27 bits per heavy atom. The number of aliphatic hydroxyl groups excluding tert-OH is 1. The average Bonchev–Trinajstić information content (AvgIpc) is 2.06. The SMILES string of the molecule is C=CCC1=CN(CO)CN=C1. The summed E-state index contributed by atoms with van der Waals surface area (Å²) in [6, 6.07) is 0. The summed E-state index contributed by atoms with van der Waals surface area (Å²) < 4.78 is 0. The first-order valence-corrected chi connectivity index (χ1v) is 3.53. The second-order valence-electron chi connectivity index (χ2n) is 2.38. The fraction of sp³-hybridized carbons (Fsp3) is 0.375. The molecule has 60 valence electrons. The Kier molecular flexibility index (Phi) is 2.86. The molecule has 0 saturated carbocycles. The van der Waals surface area contributed by atoms with Crippen LogP contribution in [-0.2, 0) is 0 Å². The van der Waals surface area contributed by atoms with Crippen molar-refractivity contribution in [2.75, 3.05) is 13.4 Å². The third-order valence-corrected chi connectivity index (χ3v) is 1.43. The van der Waals surface area contributed by atoms with E-state index in [2.05, 4.69) is 11.6 Å². The van der Waals surface area contributed by atoms with Crippen LogP contribution in [0, 0.1) is 0 Å². The number of nitrogens with zero attached hydrogens (tertiary/aromatic N) is 2. The molecule has 0 atom stereocenters. The first kappa shape index (κ1) is 8.01. The smallest absolute Gasteiger partial charge is 0.116 e. The molecule has 0 spiro atoms. The molecule has 0 radical (unpaired) electrons. The molecule has 0 aliphatic carbocycles. The Bertz CT molecular complexity index is 196. The van der Waals surface area contributed by atoms with E-state index in [1.807, 2.05) is 18.5 Å². The minimum absolute atomic E-state index is 0.0258. The van der Waals surface area contributed by atoms with E-state index in [0.29, 0.717) is 6.67 Å². The maximum absolute atomic E-state index is 8.76. The minimum Gasteiger partial charge on any atom is -0.376 e. The van der Waals surface area contributed by atoms with Gasteiger partial charge in [0.05, 0.1) is 0 Å². The van der Waals surface area contributed by atoms with E-state index < -0.39 is 0 Å². The van der Waals surface area contributed by atoms with E-state index >= 15 is 0 Å². The molecule has 1 rings (SSSR count). The predicted octanol–water partition coefficient (Wildman–Crippen LogP) is 0.740. The monoisotopic (exact) mass is 152 g/mol. The van der Waals surface area contributed by atoms with Gasteiger partial charge in [-0.25, -0.2) is 0 Å². The van der Waals surface area contributed by atoms with E-state index in [9.17, 15) is 0 Å². The molecule has 0 amide bonds. The lowest BCUT2D eigenvalue weighted by Gasteiger charge is -2.18. The van der Waals surface area contributed by atoms with E-state index in [1.165, 1.54) is 0 Å². The Morgan fingerprint density at radius 1 is 1.82 bits per heavy atom. The van der Waals surface area contributed by atoms with Crippen molar-refractivity contribution < 1.29 is 5.11 Å². The summed E-state index contributed by atoms with van der Waals surface area (Å²) in [4.78, 5) is 5.79. The van der Waals surface area contributed by atoms with Crippen LogP contribution in [0.15, 0.2) is 29.4 Å². The number of hydrogen-bond donors (Lipinski definition) is 1. The Hall–Kier alpha value is -1.09. The first-order valence-electron chi connectivity index (χ1n) is 3.53. The Labute approximate surface area is 66.4 Å². The maximum atomic E-state index is 8.76. The molecule has 0 aromatic carbocycles. The highest BCUT2D eigenvalue weighted by Gasteiger charge is 2.02. The lowest BCUT2D eigenvalue weighted by molar-refractivity contribution is 0.153. The van der Waals surface area contributed by atoms with Gasteiger partial charge < -0.3 is 10.0 Å². The fourth-order valence-electron chi connectivity index (χ4n) is 0.929. The molecule has 0 aromatic heterocycles. The van der Waals surface area contributed by atoms with Crippen molar-refractivity contribution in [3.05, 3.63) is 24.4 Å². The van der Waals surface area contributed by atoms with Crippen LogP contribution in [0.5, 0.6) is 0 Å². The molecule has 1 aliphatic rings. The second-order valence-corrected chi connectivity index (χ2v) is 2.38. The lowest BCUT2D eigenvalue weighted by Crippen LogP contribution is -2.22. The number of aliphatic hydroxyl groups is 1. The summed E-state index contributed by atoms with van der Waals surface area (Å²) >= 11 is 0. The molecule has 0 unspecified atom stereocenters. The van der Waals surface area contributed by atoms with Crippen molar-refractivity contribution >= 4 is 6.21 Å². The molecule has 11 heavy (non-hydrogen) atoms. The van der Waals surface area contributed by atoms with Gasteiger partial charge in [0.1, 0.15) is 13.4 Å². The van der Waals surface area contributed by atoms with Crippen molar-refractivity contribution in [2.45, 2.75) is 6.42 Å². The molecule has 1 N–H and O–H groups in total. The summed E-state index contributed by atoms with van der Waals surface area (Å²) in [5, 5.41) is 8.76. The van der Waals surface area contributed by atoms with Crippen molar-refractivity contribution in [3.8, 4) is 0 Å². The van der Waals surface area contributed by atoms with Gasteiger partial charge in [-0.3, -0.25) is 4.99 Å². The minimum atomic E-state index is 0.0258. The maximum Gasteiger partial charge on any atom is 0.116 e. The Morgan fingerprint density at radius 2 is 2.64 bits per heavy atom. The van der Waals surface area contributed by atoms with Crippen LogP contribution in [0.2, 0.25) is 0 Å². The molecule has 1 heterocycles. The highest BCUT2D eigenvalue weighted by Crippen LogP contribution is 2.05. The average molecular weight is 152 g/mol. The van der Waals surface area contributed by atoms with Crippen molar-refractivity contribution in [3.63, 3.8) is 0 Å². The molecule has 1 aliphatic heterocycles. The summed E-state index contributed by atoms with van der Waals surface area (Å²) in [6.45, 7) is 4.20. The van der Waals surface area contributed by atoms with Crippen LogP contribution in [0.25, 0.3) is 0 Å². The topological polar surface area (TPSA) is 35.8 Å². The van der Waals surface area contributed by atoms with Crippen molar-refractivity contribution in [1.29, 1.82) is 0 Å². The molecule has 3 heteroatoms. The summed E-state index contributed by atoms with van der Waals surface area (Å²) in [6.07, 6.45) is 6.33. The van der Waals surface area contributed by atoms with Gasteiger partial charge in [0.2, 0.25) is 0 Å². The zero-order valence-electron chi connectivity index (χ0n) is 6.40. The van der Waals surface area contributed by atoms with E-state index in [1.54, 1.807) is 4.90 Å². The largest absolute Gasteiger partial charge is 0.376 e. The van der Waals surface area contributed by atoms with Crippen LogP contribution < -0.4 is 0 Å². The lowest BCUT2D eigenvalue weighted by atomic mass is 10.2. The molecule has 3 nitrogen and oxygen atoms in total. The normalized spacial score (nSPS) is 16.5. The third-order valence-electron chi connectivity index (χ3n) is 1.43. The predicted molar refractivity (Wildman–Crippen MR) is 45.2 cm³/mol. The molecule has 0 aromatic rings. The summed E-state index contributed by atoms with van der Waals surface area (Å²) in [5.41, 5.74) is 1.08. The van der Waals surface area contributed by atoms with Gasteiger partial charge >= 0.3 is 0 Å². The van der Waals surface area contributed by atoms with Gasteiger partial charge in [0.25, 0.3) is 0 Å². The van der Waals surface area contributed by atoms with Crippen molar-refractivity contribution in [1.82, 2.24) is 4.90 Å². The van der Waals surface area contributed by atoms with Crippen LogP contribution >= 0.6 is 0 Å². The third kappa shape index (κ3) is 2.20. The Balaban J connectivity index is 2.55. The highest BCUT2D eigenvalue weighted by atomic mass is 16.3. The molecule has 0 fully saturated rings. The molecule has 0 saturated heterocycles. The van der Waals surface area contributed by atoms with Gasteiger partial charge in [0.15, 0.2) is 0 Å². The summed E-state index contributed by atoms with van der Waals surface area (Å²) in [7, 11) is 0. The zero-order valence-corrected chi connectivity index (χ0v) is 6.40. The summed E-state index contributed by atoms with van der Waals surface area (Å²) in [5.74, 6) is 0. The van der Waals surface area contributed by atoms with Gasteiger partial charge in [-0.2, -0.15) is 0 Å². The first-order chi connectivity index (χ1) is 5.36. The number of allylic oxidation sites excluding steroid dienone is 2. The van der Waals surface area contributed by atoms with Crippen LogP contribution in [-0.4, -0.2) is 29.6 Å². The molecule has 0 bridgehead atoms. The van der Waals surface area contributed by atoms with Gasteiger partial charge in [-0.05, 0) is 12.0 Å². The second kappa shape index (κ2) is 3.93. The number of rotatable bonds is 3. The van der Waals surface area contributed by atoms with Crippen LogP contribution in [0.4, 0.5) is 0 Å². The van der Waals surface area contributed by atoms with Crippen molar-refractivity contribution in [2.24, 2.45) is 4.99 Å². The van der Waals surface area contributed by atoms with Gasteiger partial charge in [0, 0.05) is 12.4 Å². The number of hydrogen-bond acceptors (Lipinski definition) is 3. The zero-order chi connectivity index (χ0) is 8.10. The van der Waals surface area contributed by atoms with E-state index in [-0.39, 0.29) is 6.73 Å². The highest BCUT2D eigenvalue weighted by molar-refractivity contribution is 5.79. The van der Waals surface area contributed by atoms with E-state index in [0.717, 1.165) is 12.0 Å².